The minimum atomic E-state index is -0.570. The van der Waals surface area contributed by atoms with Crippen LogP contribution in [-0.2, 0) is 4.79 Å². The van der Waals surface area contributed by atoms with Crippen molar-refractivity contribution < 1.29 is 4.79 Å². The highest BCUT2D eigenvalue weighted by Crippen LogP contribution is 2.34. The van der Waals surface area contributed by atoms with Crippen LogP contribution in [0.15, 0.2) is 15.9 Å². The summed E-state index contributed by atoms with van der Waals surface area (Å²) in [6, 6.07) is 1.91. The van der Waals surface area contributed by atoms with Crippen molar-refractivity contribution in [2.24, 2.45) is 0 Å². The predicted octanol–water partition coefficient (Wildman–Crippen LogP) is 3.66. The van der Waals surface area contributed by atoms with Gasteiger partial charge in [-0.25, -0.2) is 0 Å². The van der Waals surface area contributed by atoms with Crippen LogP contribution < -0.4 is 0 Å². The van der Waals surface area contributed by atoms with E-state index < -0.39 is 5.38 Å². The van der Waals surface area contributed by atoms with Crippen molar-refractivity contribution in [1.82, 2.24) is 4.90 Å². The molecule has 0 saturated heterocycles. The topological polar surface area (TPSA) is 20.3 Å². The highest BCUT2D eigenvalue weighted by Gasteiger charge is 2.24. The molecule has 1 unspecified atom stereocenters. The van der Waals surface area contributed by atoms with Crippen molar-refractivity contribution in [3.8, 4) is 0 Å². The monoisotopic (exact) mass is 309 g/mol. The molecule has 1 aromatic heterocycles. The number of thiophene rings is 1. The summed E-state index contributed by atoms with van der Waals surface area (Å²) >= 11 is 11.0. The molecule has 0 radical (unpaired) electrons. The number of nitrogens with zero attached hydrogens (tertiary/aromatic N) is 1. The molecular weight excluding hydrogens is 298 g/mol. The zero-order valence-corrected chi connectivity index (χ0v) is 11.8. The van der Waals surface area contributed by atoms with Crippen molar-refractivity contribution in [3.63, 3.8) is 0 Å². The molecule has 0 fully saturated rings. The van der Waals surface area contributed by atoms with Crippen molar-refractivity contribution in [1.29, 1.82) is 0 Å². The molecule has 1 atom stereocenters. The second-order valence-electron chi connectivity index (χ2n) is 3.01. The molecule has 1 heterocycles. The van der Waals surface area contributed by atoms with Crippen LogP contribution in [0.3, 0.4) is 0 Å². The minimum absolute atomic E-state index is 0.0233. The van der Waals surface area contributed by atoms with Gasteiger partial charge in [-0.15, -0.1) is 22.9 Å². The van der Waals surface area contributed by atoms with Gasteiger partial charge < -0.3 is 4.90 Å². The van der Waals surface area contributed by atoms with E-state index in [0.29, 0.717) is 13.1 Å². The van der Waals surface area contributed by atoms with E-state index in [-0.39, 0.29) is 5.91 Å². The van der Waals surface area contributed by atoms with Gasteiger partial charge in [0.1, 0.15) is 5.38 Å². The van der Waals surface area contributed by atoms with Gasteiger partial charge in [-0.2, -0.15) is 0 Å². The van der Waals surface area contributed by atoms with Gasteiger partial charge in [0.2, 0.25) is 5.91 Å². The molecule has 84 valence electrons. The number of rotatable bonds is 4. The summed E-state index contributed by atoms with van der Waals surface area (Å²) in [5, 5.41) is 1.35. The zero-order valence-electron chi connectivity index (χ0n) is 8.67. The number of hydrogen-bond donors (Lipinski definition) is 0. The lowest BCUT2D eigenvalue weighted by Gasteiger charge is -2.21. The lowest BCUT2D eigenvalue weighted by Crippen LogP contribution is -2.32. The molecule has 0 aliphatic rings. The number of carbonyl (C=O) groups is 1. The molecule has 0 aliphatic heterocycles. The van der Waals surface area contributed by atoms with Crippen LogP contribution in [0.1, 0.15) is 24.1 Å². The first-order valence-electron chi connectivity index (χ1n) is 4.77. The van der Waals surface area contributed by atoms with E-state index in [4.69, 9.17) is 11.6 Å². The number of alkyl halides is 1. The van der Waals surface area contributed by atoms with Gasteiger partial charge in [-0.1, -0.05) is 0 Å². The standard InChI is InChI=1S/C10H13BrClNOS/c1-3-13(4-2)10(14)8(12)9-7(11)5-6-15-9/h5-6,8H,3-4H2,1-2H3. The Morgan fingerprint density at radius 3 is 2.60 bits per heavy atom. The van der Waals surface area contributed by atoms with E-state index >= 15 is 0 Å². The quantitative estimate of drug-likeness (QED) is 0.777. The van der Waals surface area contributed by atoms with Crippen LogP contribution in [-0.4, -0.2) is 23.9 Å². The molecule has 1 aromatic rings. The largest absolute Gasteiger partial charge is 0.342 e. The minimum Gasteiger partial charge on any atom is -0.342 e. The van der Waals surface area contributed by atoms with Crippen molar-refractivity contribution in [2.45, 2.75) is 19.2 Å². The predicted molar refractivity (Wildman–Crippen MR) is 68.5 cm³/mol. The first-order chi connectivity index (χ1) is 7.11. The first-order valence-corrected chi connectivity index (χ1v) is 6.88. The molecule has 0 aliphatic carbocycles. The maximum Gasteiger partial charge on any atom is 0.246 e. The summed E-state index contributed by atoms with van der Waals surface area (Å²) in [4.78, 5) is 14.6. The number of amides is 1. The fourth-order valence-electron chi connectivity index (χ4n) is 1.29. The van der Waals surface area contributed by atoms with Gasteiger partial charge in [-0.3, -0.25) is 4.79 Å². The van der Waals surface area contributed by atoms with E-state index in [0.717, 1.165) is 9.35 Å². The van der Waals surface area contributed by atoms with Crippen molar-refractivity contribution in [3.05, 3.63) is 20.8 Å². The van der Waals surface area contributed by atoms with Crippen molar-refractivity contribution in [2.75, 3.05) is 13.1 Å². The number of halogens is 2. The van der Waals surface area contributed by atoms with Crippen LogP contribution >= 0.6 is 38.9 Å². The highest BCUT2D eigenvalue weighted by molar-refractivity contribution is 9.10. The first kappa shape index (κ1) is 13.0. The van der Waals surface area contributed by atoms with Gasteiger partial charge in [0.15, 0.2) is 0 Å². The van der Waals surface area contributed by atoms with E-state index in [1.165, 1.54) is 11.3 Å². The normalized spacial score (nSPS) is 12.5. The Morgan fingerprint density at radius 1 is 1.60 bits per heavy atom. The SMILES string of the molecule is CCN(CC)C(=O)C(Cl)c1sccc1Br. The summed E-state index contributed by atoms with van der Waals surface area (Å²) in [6.07, 6.45) is 0. The average molecular weight is 311 g/mol. The highest BCUT2D eigenvalue weighted by atomic mass is 79.9. The Kier molecular flexibility index (Phi) is 5.09. The summed E-state index contributed by atoms with van der Waals surface area (Å²) in [5.41, 5.74) is 0. The Hall–Kier alpha value is -0.0600. The third kappa shape index (κ3) is 2.95. The Morgan fingerprint density at radius 2 is 2.20 bits per heavy atom. The molecular formula is C10H13BrClNOS. The molecule has 0 saturated carbocycles. The van der Waals surface area contributed by atoms with E-state index in [1.54, 1.807) is 4.90 Å². The number of likely N-dealkylation sites (N-methyl/N-ethyl adjacent to an activating group) is 1. The molecule has 0 aromatic carbocycles. The van der Waals surface area contributed by atoms with Crippen LogP contribution in [0.5, 0.6) is 0 Å². The molecule has 0 spiro atoms. The summed E-state index contributed by atoms with van der Waals surface area (Å²) in [6.45, 7) is 5.30. The van der Waals surface area contributed by atoms with Gasteiger partial charge >= 0.3 is 0 Å². The summed E-state index contributed by atoms with van der Waals surface area (Å²) in [7, 11) is 0. The number of hydrogen-bond acceptors (Lipinski definition) is 2. The average Bonchev–Trinajstić information content (AvgIpc) is 2.65. The smallest absolute Gasteiger partial charge is 0.246 e. The van der Waals surface area contributed by atoms with E-state index in [2.05, 4.69) is 15.9 Å². The Bertz CT molecular complexity index is 338. The van der Waals surface area contributed by atoms with E-state index in [1.807, 2.05) is 25.3 Å². The molecule has 2 nitrogen and oxygen atoms in total. The third-order valence-electron chi connectivity index (χ3n) is 2.17. The third-order valence-corrected chi connectivity index (χ3v) is 4.64. The van der Waals surface area contributed by atoms with Crippen molar-refractivity contribution >= 4 is 44.8 Å². The number of carbonyl (C=O) groups excluding carboxylic acids is 1. The maximum absolute atomic E-state index is 11.9. The second kappa shape index (κ2) is 5.87. The van der Waals surface area contributed by atoms with Crippen LogP contribution in [0.25, 0.3) is 0 Å². The summed E-state index contributed by atoms with van der Waals surface area (Å²) in [5.74, 6) is -0.0233. The molecule has 15 heavy (non-hydrogen) atoms. The fourth-order valence-corrected chi connectivity index (χ4v) is 3.40. The fraction of sp³-hybridized carbons (Fsp3) is 0.500. The lowest BCUT2D eigenvalue weighted by molar-refractivity contribution is -0.130. The van der Waals surface area contributed by atoms with Gasteiger partial charge in [-0.05, 0) is 41.2 Å². The maximum atomic E-state index is 11.9. The summed E-state index contributed by atoms with van der Waals surface area (Å²) < 4.78 is 0.910. The van der Waals surface area contributed by atoms with Gasteiger partial charge in [0.05, 0.1) is 0 Å². The molecule has 5 heteroatoms. The molecule has 1 amide bonds. The van der Waals surface area contributed by atoms with Crippen LogP contribution in [0.4, 0.5) is 0 Å². The molecule has 0 bridgehead atoms. The van der Waals surface area contributed by atoms with Gasteiger partial charge in [0.25, 0.3) is 0 Å². The Labute approximate surface area is 107 Å². The Balaban J connectivity index is 2.81. The second-order valence-corrected chi connectivity index (χ2v) is 5.24. The molecule has 1 rings (SSSR count). The van der Waals surface area contributed by atoms with Crippen LogP contribution in [0.2, 0.25) is 0 Å². The zero-order chi connectivity index (χ0) is 11.4. The van der Waals surface area contributed by atoms with Crippen LogP contribution in [0, 0.1) is 0 Å². The van der Waals surface area contributed by atoms with Gasteiger partial charge in [0, 0.05) is 22.4 Å². The lowest BCUT2D eigenvalue weighted by atomic mass is 10.3. The van der Waals surface area contributed by atoms with E-state index in [9.17, 15) is 4.79 Å². The molecule has 0 N–H and O–H groups in total.